The summed E-state index contributed by atoms with van der Waals surface area (Å²) in [6.07, 6.45) is 3.18. The molecule has 1 fully saturated rings. The van der Waals surface area contributed by atoms with E-state index in [2.05, 4.69) is 0 Å². The predicted octanol–water partition coefficient (Wildman–Crippen LogP) is 4.47. The first kappa shape index (κ1) is 24.3. The summed E-state index contributed by atoms with van der Waals surface area (Å²) in [6.45, 7) is 3.51. The maximum Gasteiger partial charge on any atom is 0.310 e. The van der Waals surface area contributed by atoms with Crippen molar-refractivity contribution in [3.63, 3.8) is 0 Å². The molecule has 0 spiro atoms. The highest BCUT2D eigenvalue weighted by atomic mass is 16.5. The van der Waals surface area contributed by atoms with E-state index >= 15 is 0 Å². The van der Waals surface area contributed by atoms with Gasteiger partial charge in [0.15, 0.2) is 5.76 Å². The van der Waals surface area contributed by atoms with Gasteiger partial charge in [-0.1, -0.05) is 42.5 Å². The molecule has 0 aliphatic carbocycles. The maximum absolute atomic E-state index is 13.3. The lowest BCUT2D eigenvalue weighted by atomic mass is 9.97. The number of benzene rings is 2. The number of piperidine rings is 1. The SMILES string of the molecule is CCOC(=O)[C@H]1CCCN(C(=O)Cc2cccc(N(Cc3ccccc3)C(=O)c3ccco3)c2)C1. The fraction of sp³-hybridized carbons (Fsp3) is 0.321. The van der Waals surface area contributed by atoms with E-state index in [0.29, 0.717) is 31.9 Å². The first-order valence-corrected chi connectivity index (χ1v) is 12.0. The second-order valence-electron chi connectivity index (χ2n) is 8.63. The van der Waals surface area contributed by atoms with Gasteiger partial charge >= 0.3 is 5.97 Å². The second kappa shape index (κ2) is 11.5. The van der Waals surface area contributed by atoms with Gasteiger partial charge in [0, 0.05) is 18.8 Å². The first-order valence-electron chi connectivity index (χ1n) is 12.0. The van der Waals surface area contributed by atoms with Crippen molar-refractivity contribution in [3.8, 4) is 0 Å². The summed E-state index contributed by atoms with van der Waals surface area (Å²) in [5, 5.41) is 0. The van der Waals surface area contributed by atoms with Crippen LogP contribution in [0.4, 0.5) is 5.69 Å². The number of amides is 2. The molecule has 182 valence electrons. The monoisotopic (exact) mass is 474 g/mol. The first-order chi connectivity index (χ1) is 17.0. The molecule has 0 saturated carbocycles. The van der Waals surface area contributed by atoms with Gasteiger partial charge in [0.25, 0.3) is 5.91 Å². The minimum Gasteiger partial charge on any atom is -0.466 e. The summed E-state index contributed by atoms with van der Waals surface area (Å²) in [5.41, 5.74) is 2.46. The largest absolute Gasteiger partial charge is 0.466 e. The van der Waals surface area contributed by atoms with Crippen molar-refractivity contribution in [1.82, 2.24) is 4.90 Å². The highest BCUT2D eigenvalue weighted by molar-refractivity contribution is 6.04. The van der Waals surface area contributed by atoms with Crippen LogP contribution < -0.4 is 4.90 Å². The number of carbonyl (C=O) groups is 3. The average Bonchev–Trinajstić information content (AvgIpc) is 3.43. The van der Waals surface area contributed by atoms with Gasteiger partial charge in [-0.05, 0) is 55.2 Å². The molecule has 0 unspecified atom stereocenters. The predicted molar refractivity (Wildman–Crippen MR) is 132 cm³/mol. The van der Waals surface area contributed by atoms with Crippen molar-refractivity contribution in [2.75, 3.05) is 24.6 Å². The van der Waals surface area contributed by atoms with E-state index in [1.165, 1.54) is 6.26 Å². The third-order valence-electron chi connectivity index (χ3n) is 6.13. The zero-order chi connectivity index (χ0) is 24.6. The van der Waals surface area contributed by atoms with E-state index in [4.69, 9.17) is 9.15 Å². The standard InChI is InChI=1S/C28H30N2O5/c1-2-34-28(33)23-12-7-15-29(20-23)26(31)18-22-11-6-13-24(17-22)30(19-21-9-4-3-5-10-21)27(32)25-14-8-16-35-25/h3-6,8-11,13-14,16-17,23H,2,7,12,15,18-20H2,1H3/t23-/m0/s1. The van der Waals surface area contributed by atoms with Crippen LogP contribution in [-0.4, -0.2) is 42.4 Å². The summed E-state index contributed by atoms with van der Waals surface area (Å²) >= 11 is 0. The molecule has 0 N–H and O–H groups in total. The smallest absolute Gasteiger partial charge is 0.310 e. The molecule has 2 heterocycles. The Morgan fingerprint density at radius 1 is 1.03 bits per heavy atom. The third kappa shape index (κ3) is 6.18. The number of nitrogens with zero attached hydrogens (tertiary/aromatic N) is 2. The maximum atomic E-state index is 13.3. The Hall–Kier alpha value is -3.87. The number of esters is 1. The van der Waals surface area contributed by atoms with Crippen molar-refractivity contribution in [1.29, 1.82) is 0 Å². The van der Waals surface area contributed by atoms with E-state index in [-0.39, 0.29) is 35.9 Å². The lowest BCUT2D eigenvalue weighted by Crippen LogP contribution is -2.43. The lowest BCUT2D eigenvalue weighted by molar-refractivity contribution is -0.151. The molecule has 1 atom stereocenters. The van der Waals surface area contributed by atoms with Crippen LogP contribution in [-0.2, 0) is 27.3 Å². The minimum absolute atomic E-state index is 0.0388. The van der Waals surface area contributed by atoms with Crippen LogP contribution in [0.3, 0.4) is 0 Å². The quantitative estimate of drug-likeness (QED) is 0.450. The lowest BCUT2D eigenvalue weighted by Gasteiger charge is -2.31. The van der Waals surface area contributed by atoms with Crippen LogP contribution in [0.25, 0.3) is 0 Å². The fourth-order valence-corrected chi connectivity index (χ4v) is 4.36. The molecule has 1 aliphatic heterocycles. The second-order valence-corrected chi connectivity index (χ2v) is 8.63. The van der Waals surface area contributed by atoms with Crippen LogP contribution in [0.1, 0.15) is 41.4 Å². The number of likely N-dealkylation sites (tertiary alicyclic amines) is 1. The molecule has 1 saturated heterocycles. The molecule has 0 bridgehead atoms. The van der Waals surface area contributed by atoms with Crippen LogP contribution in [0.2, 0.25) is 0 Å². The molecule has 1 aromatic heterocycles. The fourth-order valence-electron chi connectivity index (χ4n) is 4.36. The number of anilines is 1. The molecular weight excluding hydrogens is 444 g/mol. The molecule has 35 heavy (non-hydrogen) atoms. The summed E-state index contributed by atoms with van der Waals surface area (Å²) in [5.74, 6) is -0.550. The van der Waals surface area contributed by atoms with E-state index < -0.39 is 0 Å². The Morgan fingerprint density at radius 3 is 2.57 bits per heavy atom. The average molecular weight is 475 g/mol. The highest BCUT2D eigenvalue weighted by Gasteiger charge is 2.29. The van der Waals surface area contributed by atoms with Gasteiger partial charge in [0.05, 0.1) is 31.8 Å². The molecule has 0 radical (unpaired) electrons. The Morgan fingerprint density at radius 2 is 1.83 bits per heavy atom. The number of carbonyl (C=O) groups excluding carboxylic acids is 3. The van der Waals surface area contributed by atoms with Crippen LogP contribution in [0.15, 0.2) is 77.4 Å². The molecule has 3 aromatic rings. The van der Waals surface area contributed by atoms with Gasteiger partial charge < -0.3 is 19.0 Å². The van der Waals surface area contributed by atoms with Gasteiger partial charge in [-0.2, -0.15) is 0 Å². The molecule has 7 nitrogen and oxygen atoms in total. The van der Waals surface area contributed by atoms with Gasteiger partial charge in [0.2, 0.25) is 5.91 Å². The van der Waals surface area contributed by atoms with Crippen molar-refractivity contribution < 1.29 is 23.5 Å². The van der Waals surface area contributed by atoms with Crippen molar-refractivity contribution in [2.45, 2.75) is 32.7 Å². The number of ether oxygens (including phenoxy) is 1. The zero-order valence-electron chi connectivity index (χ0n) is 19.9. The van der Waals surface area contributed by atoms with Gasteiger partial charge in [-0.25, -0.2) is 0 Å². The van der Waals surface area contributed by atoms with Gasteiger partial charge in [-0.15, -0.1) is 0 Å². The van der Waals surface area contributed by atoms with Crippen molar-refractivity contribution in [3.05, 3.63) is 89.9 Å². The summed E-state index contributed by atoms with van der Waals surface area (Å²) in [6, 6.07) is 20.5. The molecule has 1 aliphatic rings. The van der Waals surface area contributed by atoms with Crippen LogP contribution in [0.5, 0.6) is 0 Å². The normalized spacial score (nSPS) is 15.5. The Bertz CT molecular complexity index is 1140. The van der Waals surface area contributed by atoms with Gasteiger partial charge in [0.1, 0.15) is 0 Å². The topological polar surface area (TPSA) is 80.1 Å². The van der Waals surface area contributed by atoms with Crippen molar-refractivity contribution >= 4 is 23.5 Å². The van der Waals surface area contributed by atoms with Crippen LogP contribution >= 0.6 is 0 Å². The number of hydrogen-bond donors (Lipinski definition) is 0. The molecular formula is C28H30N2O5. The Labute approximate surface area is 205 Å². The van der Waals surface area contributed by atoms with Gasteiger partial charge in [-0.3, -0.25) is 14.4 Å². The zero-order valence-corrected chi connectivity index (χ0v) is 19.9. The summed E-state index contributed by atoms with van der Waals surface area (Å²) in [4.78, 5) is 41.9. The van der Waals surface area contributed by atoms with E-state index in [0.717, 1.165) is 24.0 Å². The Balaban J connectivity index is 1.51. The highest BCUT2D eigenvalue weighted by Crippen LogP contribution is 2.24. The summed E-state index contributed by atoms with van der Waals surface area (Å²) < 4.78 is 10.5. The number of hydrogen-bond acceptors (Lipinski definition) is 5. The van der Waals surface area contributed by atoms with Crippen LogP contribution in [0, 0.1) is 5.92 Å². The van der Waals surface area contributed by atoms with E-state index in [1.807, 2.05) is 54.6 Å². The summed E-state index contributed by atoms with van der Waals surface area (Å²) in [7, 11) is 0. The molecule has 2 aromatic carbocycles. The Kier molecular flexibility index (Phi) is 7.98. The number of furan rings is 1. The number of rotatable bonds is 8. The molecule has 4 rings (SSSR count). The molecule has 7 heteroatoms. The third-order valence-corrected chi connectivity index (χ3v) is 6.13. The van der Waals surface area contributed by atoms with E-state index in [9.17, 15) is 14.4 Å². The van der Waals surface area contributed by atoms with E-state index in [1.54, 1.807) is 28.9 Å². The molecule has 2 amide bonds. The minimum atomic E-state index is -0.272. The van der Waals surface area contributed by atoms with Crippen molar-refractivity contribution in [2.24, 2.45) is 5.92 Å².